The average Bonchev–Trinajstić information content (AvgIpc) is 3.10. The summed E-state index contributed by atoms with van der Waals surface area (Å²) in [6, 6.07) is 3.38. The van der Waals surface area contributed by atoms with Crippen LogP contribution in [0.4, 0.5) is 0 Å². The number of nitrogens with two attached hydrogens (primary N) is 1. The molecule has 2 fully saturated rings. The number of nitrogens with one attached hydrogen (secondary N) is 1. The Bertz CT molecular complexity index is 652. The largest absolute Gasteiger partial charge is 0.342 e. The Morgan fingerprint density at radius 1 is 1.25 bits per heavy atom. The first-order valence-corrected chi connectivity index (χ1v) is 10.9. The molecule has 6 nitrogen and oxygen atoms in total. The normalized spacial score (nSPS) is 26.5. The number of nitrogens with zero attached hydrogens (tertiary/aromatic N) is 1. The van der Waals surface area contributed by atoms with Gasteiger partial charge < -0.3 is 10.6 Å². The second-order valence-corrected chi connectivity index (χ2v) is 9.67. The number of carbonyl (C=O) groups is 1. The number of carbonyl (C=O) groups excluding carboxylic acids is 1. The standard InChI is InChI=1S/C16H25N3O3S2/c17-13-4-1-3-12(11-13)16(20)19-8-6-14(7-9-19)18-24(21,22)15-5-2-10-23-15/h2,5,10,12-14,18H,1,3-4,6-9,11,17H2. The quantitative estimate of drug-likeness (QED) is 0.839. The minimum absolute atomic E-state index is 0.0492. The number of rotatable bonds is 4. The van der Waals surface area contributed by atoms with Crippen molar-refractivity contribution in [2.75, 3.05) is 13.1 Å². The number of amides is 1. The number of hydrogen-bond donors (Lipinski definition) is 2. The zero-order valence-electron chi connectivity index (χ0n) is 13.7. The predicted molar refractivity (Wildman–Crippen MR) is 94.2 cm³/mol. The van der Waals surface area contributed by atoms with Crippen LogP contribution in [0.3, 0.4) is 0 Å². The number of thiophene rings is 1. The highest BCUT2D eigenvalue weighted by Crippen LogP contribution is 2.26. The smallest absolute Gasteiger partial charge is 0.250 e. The first kappa shape index (κ1) is 17.8. The third kappa shape index (κ3) is 4.17. The second-order valence-electron chi connectivity index (χ2n) is 6.78. The van der Waals surface area contributed by atoms with E-state index in [1.165, 1.54) is 11.3 Å². The lowest BCUT2D eigenvalue weighted by Gasteiger charge is -2.36. The molecule has 8 heteroatoms. The van der Waals surface area contributed by atoms with Crippen molar-refractivity contribution in [1.29, 1.82) is 0 Å². The van der Waals surface area contributed by atoms with Crippen LogP contribution in [-0.4, -0.2) is 44.4 Å². The summed E-state index contributed by atoms with van der Waals surface area (Å²) in [4.78, 5) is 14.5. The Morgan fingerprint density at radius 3 is 2.62 bits per heavy atom. The lowest BCUT2D eigenvalue weighted by atomic mass is 9.85. The molecule has 1 aliphatic heterocycles. The van der Waals surface area contributed by atoms with Gasteiger partial charge in [-0.3, -0.25) is 4.79 Å². The number of piperidine rings is 1. The highest BCUT2D eigenvalue weighted by atomic mass is 32.2. The monoisotopic (exact) mass is 371 g/mol. The summed E-state index contributed by atoms with van der Waals surface area (Å²) in [6.07, 6.45) is 5.07. The molecule has 24 heavy (non-hydrogen) atoms. The van der Waals surface area contributed by atoms with E-state index in [-0.39, 0.29) is 23.9 Å². The van der Waals surface area contributed by atoms with Gasteiger partial charge in [-0.15, -0.1) is 11.3 Å². The van der Waals surface area contributed by atoms with E-state index < -0.39 is 10.0 Å². The highest BCUT2D eigenvalue weighted by molar-refractivity contribution is 7.91. The third-order valence-corrected chi connectivity index (χ3v) is 7.87. The molecule has 1 saturated carbocycles. The van der Waals surface area contributed by atoms with Gasteiger partial charge in [-0.1, -0.05) is 12.5 Å². The molecule has 1 aromatic heterocycles. The number of hydrogen-bond acceptors (Lipinski definition) is 5. The predicted octanol–water partition coefficient (Wildman–Crippen LogP) is 1.53. The van der Waals surface area contributed by atoms with Crippen molar-refractivity contribution in [2.45, 2.75) is 54.8 Å². The Balaban J connectivity index is 1.51. The first-order valence-electron chi connectivity index (χ1n) is 8.56. The van der Waals surface area contributed by atoms with E-state index in [0.29, 0.717) is 30.1 Å². The Morgan fingerprint density at radius 2 is 2.00 bits per heavy atom. The topological polar surface area (TPSA) is 92.5 Å². The molecular formula is C16H25N3O3S2. The molecule has 2 heterocycles. The van der Waals surface area contributed by atoms with E-state index in [9.17, 15) is 13.2 Å². The fourth-order valence-corrected chi connectivity index (χ4v) is 5.94. The van der Waals surface area contributed by atoms with Gasteiger partial charge in [0.1, 0.15) is 4.21 Å². The summed E-state index contributed by atoms with van der Waals surface area (Å²) in [7, 11) is -3.43. The molecule has 0 radical (unpaired) electrons. The third-order valence-electron chi connectivity index (χ3n) is 4.95. The van der Waals surface area contributed by atoms with Gasteiger partial charge in [0.25, 0.3) is 0 Å². The molecule has 0 aromatic carbocycles. The van der Waals surface area contributed by atoms with Crippen LogP contribution in [-0.2, 0) is 14.8 Å². The van der Waals surface area contributed by atoms with Gasteiger partial charge in [0.15, 0.2) is 0 Å². The van der Waals surface area contributed by atoms with Gasteiger partial charge in [0, 0.05) is 31.1 Å². The SMILES string of the molecule is NC1CCCC(C(=O)N2CCC(NS(=O)(=O)c3cccs3)CC2)C1. The van der Waals surface area contributed by atoms with Crippen LogP contribution in [0.1, 0.15) is 38.5 Å². The highest BCUT2D eigenvalue weighted by Gasteiger charge is 2.32. The average molecular weight is 372 g/mol. The molecule has 2 aliphatic rings. The Hall–Kier alpha value is -0.960. The molecule has 1 amide bonds. The van der Waals surface area contributed by atoms with E-state index >= 15 is 0 Å². The van der Waals surface area contributed by atoms with E-state index in [1.54, 1.807) is 17.5 Å². The number of sulfonamides is 1. The van der Waals surface area contributed by atoms with Gasteiger partial charge in [-0.25, -0.2) is 13.1 Å². The molecule has 0 spiro atoms. The van der Waals surface area contributed by atoms with Crippen LogP contribution < -0.4 is 10.5 Å². The van der Waals surface area contributed by atoms with Crippen molar-refractivity contribution in [1.82, 2.24) is 9.62 Å². The van der Waals surface area contributed by atoms with Crippen LogP contribution >= 0.6 is 11.3 Å². The van der Waals surface area contributed by atoms with E-state index in [4.69, 9.17) is 5.73 Å². The molecule has 0 bridgehead atoms. The lowest BCUT2D eigenvalue weighted by Crippen LogP contribution is -2.49. The van der Waals surface area contributed by atoms with Crippen molar-refractivity contribution >= 4 is 27.3 Å². The van der Waals surface area contributed by atoms with Crippen molar-refractivity contribution in [2.24, 2.45) is 11.7 Å². The van der Waals surface area contributed by atoms with Crippen molar-refractivity contribution in [3.05, 3.63) is 17.5 Å². The van der Waals surface area contributed by atoms with E-state index in [1.807, 2.05) is 4.90 Å². The van der Waals surface area contributed by atoms with Crippen LogP contribution in [0.25, 0.3) is 0 Å². The minimum atomic E-state index is -3.43. The van der Waals surface area contributed by atoms with Crippen LogP contribution in [0.5, 0.6) is 0 Å². The van der Waals surface area contributed by atoms with Crippen molar-refractivity contribution in [3.8, 4) is 0 Å². The van der Waals surface area contributed by atoms with Crippen LogP contribution in [0.15, 0.2) is 21.7 Å². The van der Waals surface area contributed by atoms with Crippen LogP contribution in [0.2, 0.25) is 0 Å². The molecule has 3 N–H and O–H groups in total. The van der Waals surface area contributed by atoms with Crippen molar-refractivity contribution < 1.29 is 13.2 Å². The summed E-state index contributed by atoms with van der Waals surface area (Å²) in [5, 5.41) is 1.75. The minimum Gasteiger partial charge on any atom is -0.342 e. The fourth-order valence-electron chi connectivity index (χ4n) is 3.62. The summed E-state index contributed by atoms with van der Waals surface area (Å²) < 4.78 is 27.6. The first-order chi connectivity index (χ1) is 11.5. The maximum absolute atomic E-state index is 12.6. The summed E-state index contributed by atoms with van der Waals surface area (Å²) in [6.45, 7) is 1.23. The Kier molecular flexibility index (Phi) is 5.59. The van der Waals surface area contributed by atoms with Gasteiger partial charge in [0.05, 0.1) is 0 Å². The molecular weight excluding hydrogens is 346 g/mol. The molecule has 1 saturated heterocycles. The van der Waals surface area contributed by atoms with E-state index in [2.05, 4.69) is 4.72 Å². The molecule has 2 atom stereocenters. The Labute approximate surface area is 147 Å². The summed E-state index contributed by atoms with van der Waals surface area (Å²) in [5.74, 6) is 0.248. The zero-order valence-corrected chi connectivity index (χ0v) is 15.3. The number of likely N-dealkylation sites (tertiary alicyclic amines) is 1. The molecule has 3 rings (SSSR count). The molecule has 1 aliphatic carbocycles. The van der Waals surface area contributed by atoms with Gasteiger partial charge >= 0.3 is 0 Å². The molecule has 1 aromatic rings. The molecule has 2 unspecified atom stereocenters. The maximum Gasteiger partial charge on any atom is 0.250 e. The van der Waals surface area contributed by atoms with Gasteiger partial charge in [-0.05, 0) is 43.6 Å². The van der Waals surface area contributed by atoms with Crippen LogP contribution in [0, 0.1) is 5.92 Å². The maximum atomic E-state index is 12.6. The van der Waals surface area contributed by atoms with Gasteiger partial charge in [-0.2, -0.15) is 0 Å². The molecule has 134 valence electrons. The lowest BCUT2D eigenvalue weighted by molar-refractivity contribution is -0.137. The van der Waals surface area contributed by atoms with Crippen molar-refractivity contribution in [3.63, 3.8) is 0 Å². The second kappa shape index (κ2) is 7.51. The zero-order chi connectivity index (χ0) is 17.2. The van der Waals surface area contributed by atoms with Gasteiger partial charge in [0.2, 0.25) is 15.9 Å². The summed E-state index contributed by atoms with van der Waals surface area (Å²) >= 11 is 1.22. The van der Waals surface area contributed by atoms with E-state index in [0.717, 1.165) is 25.7 Å². The summed E-state index contributed by atoms with van der Waals surface area (Å²) in [5.41, 5.74) is 5.98. The fraction of sp³-hybridized carbons (Fsp3) is 0.688.